The number of rotatable bonds is 8. The second-order valence-corrected chi connectivity index (χ2v) is 8.59. The van der Waals surface area contributed by atoms with Crippen LogP contribution in [0.5, 0.6) is 0 Å². The van der Waals surface area contributed by atoms with Crippen molar-refractivity contribution in [2.75, 3.05) is 26.8 Å². The lowest BCUT2D eigenvalue weighted by Crippen LogP contribution is -2.52. The number of carbonyl (C=O) groups is 1. The van der Waals surface area contributed by atoms with Crippen LogP contribution in [-0.2, 0) is 11.3 Å². The molecule has 1 aromatic carbocycles. The summed E-state index contributed by atoms with van der Waals surface area (Å²) in [4.78, 5) is 28.8. The fourth-order valence-corrected chi connectivity index (χ4v) is 4.40. The van der Waals surface area contributed by atoms with Crippen molar-refractivity contribution in [2.24, 2.45) is 0 Å². The number of amides is 1. The van der Waals surface area contributed by atoms with Gasteiger partial charge in [-0.25, -0.2) is 0 Å². The van der Waals surface area contributed by atoms with Crippen molar-refractivity contribution in [1.29, 1.82) is 0 Å². The van der Waals surface area contributed by atoms with Crippen molar-refractivity contribution >= 4 is 16.8 Å². The number of aryl methyl sites for hydroxylation is 2. The molecule has 6 heteroatoms. The highest BCUT2D eigenvalue weighted by Crippen LogP contribution is 2.20. The maximum atomic E-state index is 13.6. The highest BCUT2D eigenvalue weighted by molar-refractivity contribution is 5.97. The van der Waals surface area contributed by atoms with Crippen molar-refractivity contribution in [3.05, 3.63) is 45.7 Å². The minimum absolute atomic E-state index is 0.0330. The molecule has 1 fully saturated rings. The summed E-state index contributed by atoms with van der Waals surface area (Å²) in [6.45, 7) is 9.30. The lowest BCUT2D eigenvalue weighted by molar-refractivity contribution is 0.0571. The van der Waals surface area contributed by atoms with E-state index in [0.717, 1.165) is 56.4 Å². The van der Waals surface area contributed by atoms with Gasteiger partial charge in [0.25, 0.3) is 5.91 Å². The number of ether oxygens (including phenoxy) is 1. The molecule has 30 heavy (non-hydrogen) atoms. The molecule has 1 aliphatic rings. The van der Waals surface area contributed by atoms with E-state index < -0.39 is 0 Å². The van der Waals surface area contributed by atoms with E-state index in [4.69, 9.17) is 4.74 Å². The van der Waals surface area contributed by atoms with Gasteiger partial charge in [0.1, 0.15) is 5.56 Å². The van der Waals surface area contributed by atoms with Crippen LogP contribution in [-0.4, -0.2) is 54.3 Å². The fraction of sp³-hybridized carbons (Fsp3) is 0.583. The number of aromatic nitrogens is 1. The topological polar surface area (TPSA) is 63.6 Å². The van der Waals surface area contributed by atoms with Crippen LogP contribution in [0.4, 0.5) is 0 Å². The Bertz CT molecular complexity index is 929. The molecule has 1 atom stereocenters. The van der Waals surface area contributed by atoms with Crippen molar-refractivity contribution in [1.82, 2.24) is 14.8 Å². The molecular weight excluding hydrogens is 378 g/mol. The predicted molar refractivity (Wildman–Crippen MR) is 121 cm³/mol. The molecule has 164 valence electrons. The Hall–Kier alpha value is -2.18. The molecule has 0 unspecified atom stereocenters. The maximum Gasteiger partial charge on any atom is 0.259 e. The third kappa shape index (κ3) is 4.93. The van der Waals surface area contributed by atoms with Gasteiger partial charge < -0.3 is 19.5 Å². The van der Waals surface area contributed by atoms with E-state index in [1.54, 1.807) is 13.3 Å². The molecule has 0 bridgehead atoms. The van der Waals surface area contributed by atoms with Crippen LogP contribution in [0.1, 0.15) is 55.5 Å². The predicted octanol–water partition coefficient (Wildman–Crippen LogP) is 3.34. The van der Waals surface area contributed by atoms with E-state index in [1.807, 2.05) is 43.9 Å². The normalized spacial score (nSPS) is 16.9. The fourth-order valence-electron chi connectivity index (χ4n) is 4.40. The van der Waals surface area contributed by atoms with Crippen LogP contribution < -0.4 is 10.7 Å². The number of nitrogens with zero attached hydrogens (tertiary/aromatic N) is 2. The van der Waals surface area contributed by atoms with Gasteiger partial charge >= 0.3 is 0 Å². The van der Waals surface area contributed by atoms with E-state index in [9.17, 15) is 9.59 Å². The van der Waals surface area contributed by atoms with Crippen molar-refractivity contribution in [2.45, 2.75) is 65.1 Å². The van der Waals surface area contributed by atoms with Gasteiger partial charge in [0, 0.05) is 50.5 Å². The standard InChI is InChI=1S/C24H35N3O3/c1-17(2)27(19-8-7-11-25-15-19)24(29)21-16-26(12-5-6-13-30-4)22-14-18(3)9-10-20(22)23(21)28/h9-10,14,16-17,19,25H,5-8,11-13,15H2,1-4H3/t19-/m1/s1. The van der Waals surface area contributed by atoms with Crippen LogP contribution in [0.3, 0.4) is 0 Å². The first-order valence-electron chi connectivity index (χ1n) is 11.1. The molecule has 1 amide bonds. The molecule has 1 aromatic heterocycles. The lowest BCUT2D eigenvalue weighted by atomic mass is 10.0. The van der Waals surface area contributed by atoms with E-state index in [-0.39, 0.29) is 29.0 Å². The molecule has 0 radical (unpaired) electrons. The first kappa shape index (κ1) is 22.5. The third-order valence-electron chi connectivity index (χ3n) is 5.92. The lowest BCUT2D eigenvalue weighted by Gasteiger charge is -2.37. The van der Waals surface area contributed by atoms with Crippen LogP contribution in [0.15, 0.2) is 29.2 Å². The third-order valence-corrected chi connectivity index (χ3v) is 5.92. The van der Waals surface area contributed by atoms with Gasteiger partial charge in [-0.15, -0.1) is 0 Å². The van der Waals surface area contributed by atoms with Gasteiger partial charge in [0.05, 0.1) is 5.52 Å². The number of hydrogen-bond donors (Lipinski definition) is 1. The van der Waals surface area contributed by atoms with Crippen molar-refractivity contribution in [3.63, 3.8) is 0 Å². The van der Waals surface area contributed by atoms with E-state index >= 15 is 0 Å². The van der Waals surface area contributed by atoms with E-state index in [1.165, 1.54) is 0 Å². The number of pyridine rings is 1. The van der Waals surface area contributed by atoms with Crippen LogP contribution in [0.25, 0.3) is 10.9 Å². The van der Waals surface area contributed by atoms with Gasteiger partial charge in [-0.05, 0) is 70.7 Å². The number of piperidine rings is 1. The number of fused-ring (bicyclic) bond motifs is 1. The maximum absolute atomic E-state index is 13.6. The number of nitrogens with one attached hydrogen (secondary N) is 1. The van der Waals surface area contributed by atoms with Crippen molar-refractivity contribution in [3.8, 4) is 0 Å². The Balaban J connectivity index is 2.03. The second kappa shape index (κ2) is 10.2. The molecule has 1 aliphatic heterocycles. The molecule has 2 aromatic rings. The van der Waals surface area contributed by atoms with E-state index in [0.29, 0.717) is 12.0 Å². The highest BCUT2D eigenvalue weighted by Gasteiger charge is 2.30. The highest BCUT2D eigenvalue weighted by atomic mass is 16.5. The first-order valence-corrected chi connectivity index (χ1v) is 11.1. The van der Waals surface area contributed by atoms with Gasteiger partial charge in [-0.2, -0.15) is 0 Å². The Kier molecular flexibility index (Phi) is 7.67. The van der Waals surface area contributed by atoms with Gasteiger partial charge in [-0.1, -0.05) is 6.07 Å². The zero-order valence-corrected chi connectivity index (χ0v) is 18.7. The summed E-state index contributed by atoms with van der Waals surface area (Å²) in [6.07, 6.45) is 5.65. The average Bonchev–Trinajstić information content (AvgIpc) is 2.73. The molecule has 0 aliphatic carbocycles. The number of carbonyl (C=O) groups excluding carboxylic acids is 1. The van der Waals surface area contributed by atoms with Gasteiger partial charge in [0.15, 0.2) is 0 Å². The number of unbranched alkanes of at least 4 members (excludes halogenated alkanes) is 1. The number of methoxy groups -OCH3 is 1. The summed E-state index contributed by atoms with van der Waals surface area (Å²) in [7, 11) is 1.70. The first-order chi connectivity index (χ1) is 14.4. The molecule has 1 saturated heterocycles. The summed E-state index contributed by atoms with van der Waals surface area (Å²) in [6, 6.07) is 5.99. The molecule has 1 N–H and O–H groups in total. The summed E-state index contributed by atoms with van der Waals surface area (Å²) in [5.41, 5.74) is 2.10. The Morgan fingerprint density at radius 3 is 2.80 bits per heavy atom. The number of hydrogen-bond acceptors (Lipinski definition) is 4. The number of benzene rings is 1. The molecular formula is C24H35N3O3. The van der Waals surface area contributed by atoms with Crippen LogP contribution in [0, 0.1) is 6.92 Å². The Labute approximate surface area is 179 Å². The van der Waals surface area contributed by atoms with Crippen LogP contribution >= 0.6 is 0 Å². The van der Waals surface area contributed by atoms with Crippen LogP contribution in [0.2, 0.25) is 0 Å². The Morgan fingerprint density at radius 2 is 2.13 bits per heavy atom. The molecule has 2 heterocycles. The van der Waals surface area contributed by atoms with Gasteiger partial charge in [0.2, 0.25) is 5.43 Å². The zero-order chi connectivity index (χ0) is 21.7. The molecule has 0 saturated carbocycles. The molecule has 6 nitrogen and oxygen atoms in total. The Morgan fingerprint density at radius 1 is 1.33 bits per heavy atom. The summed E-state index contributed by atoms with van der Waals surface area (Å²) in [5.74, 6) is -0.156. The average molecular weight is 414 g/mol. The second-order valence-electron chi connectivity index (χ2n) is 8.59. The van der Waals surface area contributed by atoms with Crippen molar-refractivity contribution < 1.29 is 9.53 Å². The monoisotopic (exact) mass is 413 g/mol. The largest absolute Gasteiger partial charge is 0.385 e. The zero-order valence-electron chi connectivity index (χ0n) is 18.7. The summed E-state index contributed by atoms with van der Waals surface area (Å²) in [5, 5.41) is 4.00. The smallest absolute Gasteiger partial charge is 0.259 e. The minimum atomic E-state index is -0.169. The quantitative estimate of drug-likeness (QED) is 0.674. The molecule has 3 rings (SSSR count). The minimum Gasteiger partial charge on any atom is -0.385 e. The van der Waals surface area contributed by atoms with E-state index in [2.05, 4.69) is 9.88 Å². The summed E-state index contributed by atoms with van der Waals surface area (Å²) >= 11 is 0. The summed E-state index contributed by atoms with van der Waals surface area (Å²) < 4.78 is 7.24. The molecule has 0 spiro atoms. The SMILES string of the molecule is COCCCCn1cc(C(=O)N(C(C)C)[C@@H]2CCCNC2)c(=O)c2ccc(C)cc21. The van der Waals surface area contributed by atoms with Gasteiger partial charge in [-0.3, -0.25) is 9.59 Å².